The van der Waals surface area contributed by atoms with E-state index >= 15 is 0 Å². The molecule has 1 aliphatic rings. The van der Waals surface area contributed by atoms with Crippen LogP contribution in [0.3, 0.4) is 0 Å². The molecule has 1 fully saturated rings. The molecule has 0 aliphatic carbocycles. The number of carbonyl (C=O) groups is 1. The fraction of sp³-hybridized carbons (Fsp3) is 0.833. The van der Waals surface area contributed by atoms with Crippen molar-refractivity contribution in [3.63, 3.8) is 0 Å². The van der Waals surface area contributed by atoms with Gasteiger partial charge in [0.2, 0.25) is 6.05 Å². The maximum atomic E-state index is 11.7. The van der Waals surface area contributed by atoms with Crippen molar-refractivity contribution in [1.82, 2.24) is 0 Å². The molecule has 1 saturated heterocycles. The molecule has 1 unspecified atom stereocenters. The zero-order valence-electron chi connectivity index (χ0n) is 6.46. The van der Waals surface area contributed by atoms with Gasteiger partial charge < -0.3 is 9.47 Å². The molecule has 0 radical (unpaired) electrons. The molecule has 1 atom stereocenters. The standard InChI is InChI=1S/C6H10F2O3Si/c7-5(8)12-2-1-4-3-10-6(9)11-4/h4-5H,1-3,12H2. The van der Waals surface area contributed by atoms with Gasteiger partial charge >= 0.3 is 6.16 Å². The summed E-state index contributed by atoms with van der Waals surface area (Å²) in [5.41, 5.74) is 0. The van der Waals surface area contributed by atoms with E-state index in [1.165, 1.54) is 0 Å². The van der Waals surface area contributed by atoms with Crippen LogP contribution >= 0.6 is 0 Å². The maximum Gasteiger partial charge on any atom is 0.508 e. The van der Waals surface area contributed by atoms with Crippen LogP contribution in [-0.4, -0.2) is 34.4 Å². The Labute approximate surface area is 70.9 Å². The zero-order valence-corrected chi connectivity index (χ0v) is 7.88. The Hall–Kier alpha value is -0.653. The first-order valence-electron chi connectivity index (χ1n) is 3.80. The number of rotatable bonds is 4. The summed E-state index contributed by atoms with van der Waals surface area (Å²) in [5.74, 6) is 0. The van der Waals surface area contributed by atoms with Gasteiger partial charge in [-0.2, -0.15) is 0 Å². The second kappa shape index (κ2) is 4.39. The van der Waals surface area contributed by atoms with Crippen molar-refractivity contribution < 1.29 is 23.0 Å². The van der Waals surface area contributed by atoms with Crippen molar-refractivity contribution in [2.75, 3.05) is 6.61 Å². The Morgan fingerprint density at radius 2 is 2.42 bits per heavy atom. The molecule has 0 amide bonds. The zero-order chi connectivity index (χ0) is 8.97. The molecule has 0 N–H and O–H groups in total. The molecular formula is C6H10F2O3Si. The SMILES string of the molecule is O=C1OCC(CC[SiH2]C(F)F)O1. The van der Waals surface area contributed by atoms with Gasteiger partial charge in [0.05, 0.1) is 0 Å². The van der Waals surface area contributed by atoms with Crippen LogP contribution in [0.4, 0.5) is 13.6 Å². The van der Waals surface area contributed by atoms with Crippen molar-refractivity contribution in [1.29, 1.82) is 0 Å². The minimum absolute atomic E-state index is 0.219. The molecule has 0 saturated carbocycles. The highest BCUT2D eigenvalue weighted by atomic mass is 28.2. The Morgan fingerprint density at radius 1 is 1.67 bits per heavy atom. The quantitative estimate of drug-likeness (QED) is 0.491. The topological polar surface area (TPSA) is 35.5 Å². The van der Waals surface area contributed by atoms with Crippen molar-refractivity contribution in [2.24, 2.45) is 0 Å². The van der Waals surface area contributed by atoms with Crippen LogP contribution in [0, 0.1) is 0 Å². The molecule has 1 heterocycles. The molecule has 0 aromatic carbocycles. The van der Waals surface area contributed by atoms with E-state index in [4.69, 9.17) is 0 Å². The predicted molar refractivity (Wildman–Crippen MR) is 40.2 cm³/mol. The van der Waals surface area contributed by atoms with E-state index in [9.17, 15) is 13.6 Å². The summed E-state index contributed by atoms with van der Waals surface area (Å²) in [6.45, 7) is 0.219. The molecule has 0 bridgehead atoms. The summed E-state index contributed by atoms with van der Waals surface area (Å²) < 4.78 is 32.6. The van der Waals surface area contributed by atoms with Gasteiger partial charge in [-0.05, 0) is 6.42 Å². The van der Waals surface area contributed by atoms with Gasteiger partial charge in [-0.1, -0.05) is 6.04 Å². The van der Waals surface area contributed by atoms with Crippen molar-refractivity contribution in [3.8, 4) is 0 Å². The first kappa shape index (κ1) is 9.44. The summed E-state index contributed by atoms with van der Waals surface area (Å²) in [6.07, 6.45) is -0.454. The maximum absolute atomic E-state index is 11.7. The number of hydrogen-bond acceptors (Lipinski definition) is 3. The number of cyclic esters (lactones) is 2. The summed E-state index contributed by atoms with van der Waals surface area (Å²) in [7, 11) is -1.28. The highest BCUT2D eigenvalue weighted by Gasteiger charge is 2.24. The Kier molecular flexibility index (Phi) is 3.45. The van der Waals surface area contributed by atoms with E-state index < -0.39 is 21.7 Å². The molecule has 12 heavy (non-hydrogen) atoms. The lowest BCUT2D eigenvalue weighted by atomic mass is 10.3. The van der Waals surface area contributed by atoms with Crippen LogP contribution in [0.15, 0.2) is 0 Å². The molecule has 0 aromatic rings. The Morgan fingerprint density at radius 3 is 2.92 bits per heavy atom. The van der Waals surface area contributed by atoms with Crippen LogP contribution in [-0.2, 0) is 9.47 Å². The number of halogens is 2. The summed E-state index contributed by atoms with van der Waals surface area (Å²) >= 11 is 0. The average molecular weight is 196 g/mol. The van der Waals surface area contributed by atoms with Crippen LogP contribution in [0.1, 0.15) is 6.42 Å². The third-order valence-corrected chi connectivity index (χ3v) is 2.85. The third kappa shape index (κ3) is 3.16. The Bertz CT molecular complexity index is 165. The predicted octanol–water partition coefficient (Wildman–Crippen LogP) is 0.722. The average Bonchev–Trinajstić information content (AvgIpc) is 2.35. The molecular weight excluding hydrogens is 186 g/mol. The van der Waals surface area contributed by atoms with Gasteiger partial charge in [0.1, 0.15) is 22.2 Å². The first-order valence-corrected chi connectivity index (χ1v) is 5.61. The largest absolute Gasteiger partial charge is 0.508 e. The fourth-order valence-corrected chi connectivity index (χ4v) is 2.01. The van der Waals surface area contributed by atoms with E-state index in [0.29, 0.717) is 12.5 Å². The van der Waals surface area contributed by atoms with Gasteiger partial charge in [-0.25, -0.2) is 13.6 Å². The highest BCUT2D eigenvalue weighted by molar-refractivity contribution is 6.36. The summed E-state index contributed by atoms with van der Waals surface area (Å²) in [4.78, 5) is 10.4. The van der Waals surface area contributed by atoms with Gasteiger partial charge in [-0.15, -0.1) is 0 Å². The third-order valence-electron chi connectivity index (χ3n) is 1.60. The van der Waals surface area contributed by atoms with Crippen molar-refractivity contribution in [2.45, 2.75) is 24.6 Å². The van der Waals surface area contributed by atoms with E-state index in [0.717, 1.165) is 0 Å². The second-order valence-corrected chi connectivity index (χ2v) is 4.52. The summed E-state index contributed by atoms with van der Waals surface area (Å²) in [5, 5.41) is 0. The lowest BCUT2D eigenvalue weighted by Crippen LogP contribution is -2.13. The van der Waals surface area contributed by atoms with Gasteiger partial charge in [0, 0.05) is 0 Å². The van der Waals surface area contributed by atoms with E-state index in [1.54, 1.807) is 0 Å². The number of ether oxygens (including phenoxy) is 2. The van der Waals surface area contributed by atoms with Gasteiger partial charge in [-0.3, -0.25) is 0 Å². The van der Waals surface area contributed by atoms with Crippen LogP contribution in [0.5, 0.6) is 0 Å². The van der Waals surface area contributed by atoms with Crippen LogP contribution in [0.25, 0.3) is 0 Å². The second-order valence-electron chi connectivity index (χ2n) is 2.62. The highest BCUT2D eigenvalue weighted by Crippen LogP contribution is 2.12. The molecule has 1 rings (SSSR count). The van der Waals surface area contributed by atoms with Crippen molar-refractivity contribution >= 4 is 15.7 Å². The Balaban J connectivity index is 2.04. The molecule has 3 nitrogen and oxygen atoms in total. The number of alkyl halides is 2. The number of hydrogen-bond donors (Lipinski definition) is 0. The van der Waals surface area contributed by atoms with E-state index in [1.807, 2.05) is 0 Å². The number of carbonyl (C=O) groups excluding carboxylic acids is 1. The van der Waals surface area contributed by atoms with Crippen LogP contribution in [0.2, 0.25) is 6.04 Å². The summed E-state index contributed by atoms with van der Waals surface area (Å²) in [6, 6.07) is -1.64. The molecule has 0 spiro atoms. The minimum Gasteiger partial charge on any atom is -0.430 e. The normalized spacial score (nSPS) is 23.6. The van der Waals surface area contributed by atoms with E-state index in [2.05, 4.69) is 9.47 Å². The lowest BCUT2D eigenvalue weighted by Gasteiger charge is -2.03. The first-order chi connectivity index (χ1) is 5.68. The molecule has 70 valence electrons. The minimum atomic E-state index is -2.14. The fourth-order valence-electron chi connectivity index (χ4n) is 1.01. The van der Waals surface area contributed by atoms with Gasteiger partial charge in [0.25, 0.3) is 0 Å². The van der Waals surface area contributed by atoms with Crippen molar-refractivity contribution in [3.05, 3.63) is 0 Å². The van der Waals surface area contributed by atoms with Gasteiger partial charge in [0.15, 0.2) is 0 Å². The van der Waals surface area contributed by atoms with E-state index in [-0.39, 0.29) is 12.7 Å². The smallest absolute Gasteiger partial charge is 0.430 e. The lowest BCUT2D eigenvalue weighted by molar-refractivity contribution is 0.117. The monoisotopic (exact) mass is 196 g/mol. The molecule has 0 aromatic heterocycles. The van der Waals surface area contributed by atoms with Crippen LogP contribution < -0.4 is 0 Å². The molecule has 6 heteroatoms. The molecule has 1 aliphatic heterocycles.